The minimum Gasteiger partial charge on any atom is -0.444 e. The van der Waals surface area contributed by atoms with Crippen LogP contribution >= 0.6 is 0 Å². The van der Waals surface area contributed by atoms with E-state index < -0.39 is 35.8 Å². The molecule has 2 aromatic rings. The summed E-state index contributed by atoms with van der Waals surface area (Å²) in [6.45, 7) is 11.5. The molecule has 1 saturated carbocycles. The molecule has 3 atom stereocenters. The van der Waals surface area contributed by atoms with Gasteiger partial charge < -0.3 is 15.2 Å². The maximum atomic E-state index is 14.4. The third-order valence-corrected chi connectivity index (χ3v) is 7.67. The van der Waals surface area contributed by atoms with Crippen molar-refractivity contribution in [3.63, 3.8) is 0 Å². The Bertz CT molecular complexity index is 1210. The SMILES string of the molecule is CC(C)(C)OC(=O)N1CC(O)C1C(=O)N(c1ccc(C(C)(C)C)cc1)C(C(=O)NC1CCCCC1)c1cccnc1. The zero-order valence-corrected chi connectivity index (χ0v) is 25.1. The molecule has 0 radical (unpaired) electrons. The first-order valence-corrected chi connectivity index (χ1v) is 14.6. The van der Waals surface area contributed by atoms with Gasteiger partial charge in [-0.25, -0.2) is 4.79 Å². The number of benzene rings is 1. The average molecular weight is 565 g/mol. The van der Waals surface area contributed by atoms with Gasteiger partial charge in [-0.05, 0) is 62.8 Å². The second-order valence-electron chi connectivity index (χ2n) is 13.2. The van der Waals surface area contributed by atoms with Gasteiger partial charge in [-0.1, -0.05) is 58.2 Å². The van der Waals surface area contributed by atoms with E-state index in [1.54, 1.807) is 45.3 Å². The molecule has 41 heavy (non-hydrogen) atoms. The van der Waals surface area contributed by atoms with Gasteiger partial charge in [0.2, 0.25) is 5.91 Å². The van der Waals surface area contributed by atoms with Crippen LogP contribution in [0.3, 0.4) is 0 Å². The van der Waals surface area contributed by atoms with Crippen molar-refractivity contribution in [2.24, 2.45) is 0 Å². The molecule has 222 valence electrons. The Kier molecular flexibility index (Phi) is 9.07. The summed E-state index contributed by atoms with van der Waals surface area (Å²) in [5.74, 6) is -0.887. The fraction of sp³-hybridized carbons (Fsp3) is 0.562. The van der Waals surface area contributed by atoms with Gasteiger partial charge in [0.15, 0.2) is 0 Å². The minimum absolute atomic E-state index is 0.0168. The lowest BCUT2D eigenvalue weighted by Gasteiger charge is -2.46. The summed E-state index contributed by atoms with van der Waals surface area (Å²) >= 11 is 0. The number of hydrogen-bond acceptors (Lipinski definition) is 6. The molecule has 1 saturated heterocycles. The van der Waals surface area contributed by atoms with Crippen molar-refractivity contribution in [3.05, 3.63) is 59.9 Å². The van der Waals surface area contributed by atoms with Crippen molar-refractivity contribution < 1.29 is 24.2 Å². The number of likely N-dealkylation sites (tertiary alicyclic amines) is 1. The number of aliphatic hydroxyl groups is 1. The van der Waals surface area contributed by atoms with Gasteiger partial charge in [0.25, 0.3) is 5.91 Å². The van der Waals surface area contributed by atoms with Gasteiger partial charge in [-0.2, -0.15) is 0 Å². The second-order valence-corrected chi connectivity index (χ2v) is 13.2. The fourth-order valence-corrected chi connectivity index (χ4v) is 5.44. The molecule has 9 heteroatoms. The normalized spacial score (nSPS) is 20.5. The highest BCUT2D eigenvalue weighted by Gasteiger charge is 2.51. The van der Waals surface area contributed by atoms with Crippen LogP contribution in [0.15, 0.2) is 48.8 Å². The van der Waals surface area contributed by atoms with E-state index in [9.17, 15) is 19.5 Å². The van der Waals surface area contributed by atoms with Crippen molar-refractivity contribution in [2.75, 3.05) is 11.4 Å². The molecular formula is C32H44N4O5. The van der Waals surface area contributed by atoms with E-state index in [0.29, 0.717) is 11.3 Å². The Morgan fingerprint density at radius 2 is 1.68 bits per heavy atom. The number of pyridine rings is 1. The van der Waals surface area contributed by atoms with Gasteiger partial charge in [0, 0.05) is 29.7 Å². The van der Waals surface area contributed by atoms with Gasteiger partial charge in [-0.3, -0.25) is 24.4 Å². The number of nitrogens with one attached hydrogen (secondary N) is 1. The molecule has 1 aliphatic carbocycles. The molecule has 1 aromatic heterocycles. The zero-order chi connectivity index (χ0) is 29.9. The van der Waals surface area contributed by atoms with E-state index in [0.717, 1.165) is 37.7 Å². The number of amides is 3. The molecule has 1 aliphatic heterocycles. The first-order chi connectivity index (χ1) is 19.3. The number of aromatic nitrogens is 1. The quantitative estimate of drug-likeness (QED) is 0.517. The zero-order valence-electron chi connectivity index (χ0n) is 25.1. The van der Waals surface area contributed by atoms with Crippen molar-refractivity contribution in [1.82, 2.24) is 15.2 Å². The highest BCUT2D eigenvalue weighted by molar-refractivity contribution is 6.05. The van der Waals surface area contributed by atoms with Gasteiger partial charge in [0.05, 0.1) is 6.54 Å². The molecular weight excluding hydrogens is 520 g/mol. The third-order valence-electron chi connectivity index (χ3n) is 7.67. The monoisotopic (exact) mass is 564 g/mol. The molecule has 3 amide bonds. The Morgan fingerprint density at radius 1 is 1.02 bits per heavy atom. The predicted octanol–water partition coefficient (Wildman–Crippen LogP) is 4.88. The minimum atomic E-state index is -1.20. The van der Waals surface area contributed by atoms with Crippen molar-refractivity contribution in [3.8, 4) is 0 Å². The Balaban J connectivity index is 1.77. The number of hydrogen-bond donors (Lipinski definition) is 2. The van der Waals surface area contributed by atoms with Crippen LogP contribution < -0.4 is 10.2 Å². The van der Waals surface area contributed by atoms with E-state index in [-0.39, 0.29) is 23.9 Å². The molecule has 2 aliphatic rings. The number of carbonyl (C=O) groups is 3. The Hall–Kier alpha value is -3.46. The number of carbonyl (C=O) groups excluding carboxylic acids is 3. The summed E-state index contributed by atoms with van der Waals surface area (Å²) in [6, 6.07) is 8.77. The summed E-state index contributed by atoms with van der Waals surface area (Å²) in [5, 5.41) is 14.0. The largest absolute Gasteiger partial charge is 0.444 e. The van der Waals surface area contributed by atoms with Crippen LogP contribution in [0.4, 0.5) is 10.5 Å². The standard InChI is InChI=1S/C32H44N4O5/c1-31(2,3)22-14-16-24(17-15-22)36(29(39)27-25(37)20-35(27)30(40)41-32(4,5)6)26(21-11-10-18-33-19-21)28(38)34-23-12-8-7-9-13-23/h10-11,14-19,23,25-27,37H,7-9,12-13,20H2,1-6H3,(H,34,38). The summed E-state index contributed by atoms with van der Waals surface area (Å²) < 4.78 is 5.52. The smallest absolute Gasteiger partial charge is 0.411 e. The van der Waals surface area contributed by atoms with Crippen molar-refractivity contribution >= 4 is 23.6 Å². The van der Waals surface area contributed by atoms with Crippen molar-refractivity contribution in [2.45, 2.75) is 109 Å². The molecule has 2 N–H and O–H groups in total. The summed E-state index contributed by atoms with van der Waals surface area (Å²) in [4.78, 5) is 48.4. The first kappa shape index (κ1) is 30.5. The lowest BCUT2D eigenvalue weighted by atomic mass is 9.87. The lowest BCUT2D eigenvalue weighted by Crippen LogP contribution is -2.69. The lowest BCUT2D eigenvalue weighted by molar-refractivity contribution is -0.141. The highest BCUT2D eigenvalue weighted by Crippen LogP contribution is 2.34. The van der Waals surface area contributed by atoms with E-state index in [1.807, 2.05) is 24.3 Å². The molecule has 1 aromatic carbocycles. The predicted molar refractivity (Wildman–Crippen MR) is 157 cm³/mol. The van der Waals surface area contributed by atoms with Crippen LogP contribution in [-0.4, -0.2) is 63.2 Å². The van der Waals surface area contributed by atoms with Crippen LogP contribution in [0, 0.1) is 0 Å². The number of aliphatic hydroxyl groups excluding tert-OH is 1. The van der Waals surface area contributed by atoms with Gasteiger partial charge >= 0.3 is 6.09 Å². The van der Waals surface area contributed by atoms with Crippen LogP contribution in [-0.2, 0) is 19.7 Å². The topological polar surface area (TPSA) is 112 Å². The summed E-state index contributed by atoms with van der Waals surface area (Å²) in [6.07, 6.45) is 6.40. The Morgan fingerprint density at radius 3 is 2.22 bits per heavy atom. The summed E-state index contributed by atoms with van der Waals surface area (Å²) in [7, 11) is 0. The van der Waals surface area contributed by atoms with E-state index in [4.69, 9.17) is 4.74 Å². The molecule has 4 rings (SSSR count). The highest BCUT2D eigenvalue weighted by atomic mass is 16.6. The number of anilines is 1. The van der Waals surface area contributed by atoms with E-state index >= 15 is 0 Å². The number of rotatable bonds is 6. The number of ether oxygens (including phenoxy) is 1. The molecule has 2 heterocycles. The molecule has 3 unspecified atom stereocenters. The van der Waals surface area contributed by atoms with Crippen LogP contribution in [0.25, 0.3) is 0 Å². The Labute approximate surface area is 243 Å². The van der Waals surface area contributed by atoms with Gasteiger partial charge in [-0.15, -0.1) is 0 Å². The van der Waals surface area contributed by atoms with Gasteiger partial charge in [0.1, 0.15) is 23.8 Å². The molecule has 0 bridgehead atoms. The maximum absolute atomic E-state index is 14.4. The van der Waals surface area contributed by atoms with Crippen LogP contribution in [0.1, 0.15) is 90.8 Å². The van der Waals surface area contributed by atoms with Crippen LogP contribution in [0.5, 0.6) is 0 Å². The second kappa shape index (κ2) is 12.2. The number of β-amino-alcohol motifs (C(OH)–C–C–N with tert-alkyl or cyclic N) is 1. The third kappa shape index (κ3) is 7.25. The first-order valence-electron chi connectivity index (χ1n) is 14.6. The number of nitrogens with zero attached hydrogens (tertiary/aromatic N) is 3. The van der Waals surface area contributed by atoms with Crippen LogP contribution in [0.2, 0.25) is 0 Å². The van der Waals surface area contributed by atoms with E-state index in [1.165, 1.54) is 9.80 Å². The summed E-state index contributed by atoms with van der Waals surface area (Å²) in [5.41, 5.74) is 1.20. The molecule has 2 fully saturated rings. The maximum Gasteiger partial charge on any atom is 0.411 e. The average Bonchev–Trinajstić information content (AvgIpc) is 2.89. The fourth-order valence-electron chi connectivity index (χ4n) is 5.44. The van der Waals surface area contributed by atoms with Crippen molar-refractivity contribution in [1.29, 1.82) is 0 Å². The molecule has 9 nitrogen and oxygen atoms in total. The van der Waals surface area contributed by atoms with E-state index in [2.05, 4.69) is 31.1 Å². The molecule has 0 spiro atoms.